The number of unbranched alkanes of at least 4 members (excludes halogenated alkanes) is 23. The Morgan fingerprint density at radius 3 is 0.857 bits per heavy atom. The van der Waals surface area contributed by atoms with Crippen LogP contribution in [0.5, 0.6) is 0 Å². The Kier molecular flexibility index (Phi) is 60.4. The van der Waals surface area contributed by atoms with Crippen molar-refractivity contribution in [2.45, 2.75) is 284 Å². The lowest BCUT2D eigenvalue weighted by molar-refractivity contribution is -0.167. The average molecular weight is 1070 g/mol. The topological polar surface area (TPSA) is 78.9 Å². The van der Waals surface area contributed by atoms with Gasteiger partial charge in [0, 0.05) is 19.3 Å². The van der Waals surface area contributed by atoms with E-state index in [2.05, 4.69) is 154 Å². The van der Waals surface area contributed by atoms with Crippen molar-refractivity contribution in [2.24, 2.45) is 0 Å². The second-order valence-corrected chi connectivity index (χ2v) is 20.6. The van der Waals surface area contributed by atoms with E-state index in [1.807, 2.05) is 0 Å². The molecule has 0 heterocycles. The number of allylic oxidation sites excluding steroid dienone is 22. The van der Waals surface area contributed by atoms with Gasteiger partial charge < -0.3 is 14.2 Å². The van der Waals surface area contributed by atoms with Gasteiger partial charge in [-0.2, -0.15) is 0 Å². The Labute approximate surface area is 475 Å². The minimum Gasteiger partial charge on any atom is -0.462 e. The van der Waals surface area contributed by atoms with Crippen LogP contribution in [0.3, 0.4) is 0 Å². The third-order valence-corrected chi connectivity index (χ3v) is 13.1. The van der Waals surface area contributed by atoms with E-state index in [-0.39, 0.29) is 31.1 Å². The molecule has 6 heteroatoms. The molecule has 1 atom stereocenters. The summed E-state index contributed by atoms with van der Waals surface area (Å²) in [5.74, 6) is -0.926. The molecule has 0 aliphatic carbocycles. The molecule has 77 heavy (non-hydrogen) atoms. The monoisotopic (exact) mass is 1060 g/mol. The Hall–Kier alpha value is -4.45. The van der Waals surface area contributed by atoms with Gasteiger partial charge in [-0.1, -0.05) is 276 Å². The van der Waals surface area contributed by atoms with Crippen LogP contribution in [0.15, 0.2) is 134 Å². The molecule has 0 radical (unpaired) electrons. The predicted octanol–water partition coefficient (Wildman–Crippen LogP) is 21.8. The fourth-order valence-electron chi connectivity index (χ4n) is 8.41. The second kappa shape index (κ2) is 64.1. The van der Waals surface area contributed by atoms with Crippen LogP contribution < -0.4 is 0 Å². The van der Waals surface area contributed by atoms with Crippen molar-refractivity contribution < 1.29 is 28.6 Å². The molecular formula is C71H116O6. The van der Waals surface area contributed by atoms with Crippen LogP contribution in [-0.4, -0.2) is 37.2 Å². The molecular weight excluding hydrogens is 949 g/mol. The summed E-state index contributed by atoms with van der Waals surface area (Å²) in [7, 11) is 0. The van der Waals surface area contributed by atoms with E-state index in [1.165, 1.54) is 83.5 Å². The molecule has 0 bridgehead atoms. The number of hydrogen-bond acceptors (Lipinski definition) is 6. The minimum absolute atomic E-state index is 0.0911. The maximum atomic E-state index is 12.8. The van der Waals surface area contributed by atoms with Gasteiger partial charge in [0.1, 0.15) is 13.2 Å². The molecule has 0 amide bonds. The van der Waals surface area contributed by atoms with Gasteiger partial charge in [0.05, 0.1) is 0 Å². The van der Waals surface area contributed by atoms with Gasteiger partial charge in [-0.05, 0) is 116 Å². The molecule has 0 rings (SSSR count). The van der Waals surface area contributed by atoms with Crippen molar-refractivity contribution in [1.29, 1.82) is 0 Å². The molecule has 0 aliphatic heterocycles. The molecule has 0 saturated carbocycles. The molecule has 0 aromatic carbocycles. The normalized spacial score (nSPS) is 13.0. The minimum atomic E-state index is -0.793. The first-order chi connectivity index (χ1) is 38.0. The molecule has 436 valence electrons. The smallest absolute Gasteiger partial charge is 0.306 e. The van der Waals surface area contributed by atoms with E-state index in [9.17, 15) is 14.4 Å². The second-order valence-electron chi connectivity index (χ2n) is 20.6. The lowest BCUT2D eigenvalue weighted by atomic mass is 10.0. The van der Waals surface area contributed by atoms with E-state index >= 15 is 0 Å². The van der Waals surface area contributed by atoms with Crippen LogP contribution >= 0.6 is 0 Å². The van der Waals surface area contributed by atoms with Crippen molar-refractivity contribution in [1.82, 2.24) is 0 Å². The summed E-state index contributed by atoms with van der Waals surface area (Å²) in [6.45, 7) is 6.44. The first-order valence-corrected chi connectivity index (χ1v) is 31.7. The zero-order valence-corrected chi connectivity index (χ0v) is 49.9. The maximum absolute atomic E-state index is 12.8. The zero-order chi connectivity index (χ0) is 55.7. The predicted molar refractivity (Wildman–Crippen MR) is 334 cm³/mol. The van der Waals surface area contributed by atoms with Crippen molar-refractivity contribution in [3.05, 3.63) is 134 Å². The van der Waals surface area contributed by atoms with Crippen molar-refractivity contribution in [2.75, 3.05) is 13.2 Å². The van der Waals surface area contributed by atoms with Gasteiger partial charge in [-0.25, -0.2) is 0 Å². The number of carbonyl (C=O) groups excluding carboxylic acids is 3. The van der Waals surface area contributed by atoms with E-state index in [0.29, 0.717) is 19.3 Å². The van der Waals surface area contributed by atoms with Crippen LogP contribution in [0.2, 0.25) is 0 Å². The van der Waals surface area contributed by atoms with Crippen molar-refractivity contribution in [3.63, 3.8) is 0 Å². The van der Waals surface area contributed by atoms with Gasteiger partial charge in [0.2, 0.25) is 0 Å². The summed E-state index contributed by atoms with van der Waals surface area (Å²) >= 11 is 0. The van der Waals surface area contributed by atoms with E-state index in [1.54, 1.807) is 0 Å². The Bertz CT molecular complexity index is 1650. The fraction of sp³-hybridized carbons (Fsp3) is 0.648. The zero-order valence-electron chi connectivity index (χ0n) is 49.9. The molecule has 0 N–H and O–H groups in total. The highest BCUT2D eigenvalue weighted by molar-refractivity contribution is 5.71. The van der Waals surface area contributed by atoms with Gasteiger partial charge in [0.25, 0.3) is 0 Å². The number of esters is 3. The molecule has 0 saturated heterocycles. The standard InChI is InChI=1S/C71H116O6/c1-4-7-10-13-16-19-22-24-26-27-28-29-30-31-32-33-34-35-36-37-38-39-40-41-42-43-44-45-46-48-49-52-55-58-61-64-70(73)76-67-68(66-75-69(72)63-60-57-54-51-21-18-15-12-9-6-3)77-71(74)65-62-59-56-53-50-47-25-23-20-17-14-11-8-5-2/h7,10,12,15-16,19,24,26,28-29,31-32,34-35,37-38,40-41,43-44,46,48,68H,4-6,8-9,11,13-14,17-18,20-23,25,27,30,33,36,39,42,45,47,49-67H2,1-3H3/b10-7-,15-12-,19-16-,26-24-,29-28-,32-31-,35-34-,38-37-,41-40-,44-43-,48-46-. The highest BCUT2D eigenvalue weighted by atomic mass is 16.6. The van der Waals surface area contributed by atoms with Crippen LogP contribution in [0.4, 0.5) is 0 Å². The number of rotatable bonds is 56. The maximum Gasteiger partial charge on any atom is 0.306 e. The molecule has 0 fully saturated rings. The molecule has 6 nitrogen and oxygen atoms in total. The van der Waals surface area contributed by atoms with Gasteiger partial charge in [-0.3, -0.25) is 14.4 Å². The van der Waals surface area contributed by atoms with Crippen LogP contribution in [0.25, 0.3) is 0 Å². The summed E-state index contributed by atoms with van der Waals surface area (Å²) in [5.41, 5.74) is 0. The first-order valence-electron chi connectivity index (χ1n) is 31.7. The summed E-state index contributed by atoms with van der Waals surface area (Å²) in [4.78, 5) is 38.1. The van der Waals surface area contributed by atoms with Gasteiger partial charge >= 0.3 is 17.9 Å². The largest absolute Gasteiger partial charge is 0.462 e. The van der Waals surface area contributed by atoms with Gasteiger partial charge in [-0.15, -0.1) is 0 Å². The summed E-state index contributed by atoms with van der Waals surface area (Å²) < 4.78 is 16.8. The first kappa shape index (κ1) is 72.5. The molecule has 0 aromatic heterocycles. The highest BCUT2D eigenvalue weighted by Crippen LogP contribution is 2.15. The summed E-state index contributed by atoms with van der Waals surface area (Å²) in [6, 6.07) is 0. The number of carbonyl (C=O) groups is 3. The highest BCUT2D eigenvalue weighted by Gasteiger charge is 2.19. The van der Waals surface area contributed by atoms with E-state index in [0.717, 1.165) is 154 Å². The third-order valence-electron chi connectivity index (χ3n) is 13.1. The van der Waals surface area contributed by atoms with Gasteiger partial charge in [0.15, 0.2) is 6.10 Å². The van der Waals surface area contributed by atoms with Crippen molar-refractivity contribution >= 4 is 17.9 Å². The quantitative estimate of drug-likeness (QED) is 0.0261. The molecule has 0 aliphatic rings. The Balaban J connectivity index is 4.25. The van der Waals surface area contributed by atoms with Crippen molar-refractivity contribution in [3.8, 4) is 0 Å². The fourth-order valence-corrected chi connectivity index (χ4v) is 8.41. The summed E-state index contributed by atoms with van der Waals surface area (Å²) in [6.07, 6.45) is 90.4. The summed E-state index contributed by atoms with van der Waals surface area (Å²) in [5, 5.41) is 0. The Morgan fingerprint density at radius 2 is 0.532 bits per heavy atom. The third kappa shape index (κ3) is 62.3. The number of ether oxygens (including phenoxy) is 3. The van der Waals surface area contributed by atoms with Crippen LogP contribution in [0.1, 0.15) is 278 Å². The van der Waals surface area contributed by atoms with E-state index < -0.39 is 6.10 Å². The molecule has 1 unspecified atom stereocenters. The van der Waals surface area contributed by atoms with E-state index in [4.69, 9.17) is 14.2 Å². The molecule has 0 spiro atoms. The Morgan fingerprint density at radius 1 is 0.273 bits per heavy atom. The SMILES string of the molecule is CC/C=C\C/C=C\C/C=C\C/C=C\C/C=C\C/C=C\C/C=C\C/C=C\C/C=C\C/C=C\CCCCCCC(=O)OCC(COC(=O)CCCCCCC/C=C\CCC)OC(=O)CCCCCCCCCCCCCCCC. The lowest BCUT2D eigenvalue weighted by Gasteiger charge is -2.18. The number of hydrogen-bond donors (Lipinski definition) is 0. The average Bonchev–Trinajstić information content (AvgIpc) is 3.43. The van der Waals surface area contributed by atoms with Crippen LogP contribution in [0, 0.1) is 0 Å². The molecule has 0 aromatic rings. The van der Waals surface area contributed by atoms with Crippen LogP contribution in [-0.2, 0) is 28.6 Å². The lowest BCUT2D eigenvalue weighted by Crippen LogP contribution is -2.30.